The molecule has 3 aromatic rings. The van der Waals surface area contributed by atoms with Gasteiger partial charge in [0.2, 0.25) is 17.8 Å². The van der Waals surface area contributed by atoms with Crippen molar-refractivity contribution in [3.05, 3.63) is 36.0 Å². The summed E-state index contributed by atoms with van der Waals surface area (Å²) in [5, 5.41) is 19.6. The smallest absolute Gasteiger partial charge is 0.224 e. The number of anilines is 3. The van der Waals surface area contributed by atoms with Crippen molar-refractivity contribution in [3.63, 3.8) is 0 Å². The molecule has 0 bridgehead atoms. The van der Waals surface area contributed by atoms with E-state index in [1.807, 2.05) is 4.57 Å². The van der Waals surface area contributed by atoms with Crippen molar-refractivity contribution >= 4 is 34.7 Å². The van der Waals surface area contributed by atoms with Gasteiger partial charge in [0.25, 0.3) is 0 Å². The summed E-state index contributed by atoms with van der Waals surface area (Å²) in [5.41, 5.74) is 1.30. The quantitative estimate of drug-likeness (QED) is 0.357. The van der Waals surface area contributed by atoms with Gasteiger partial charge in [-0.15, -0.1) is 0 Å². The number of aromatic nitrogens is 4. The molecular weight excluding hydrogens is 492 g/mol. The minimum Gasteiger partial charge on any atom is -0.393 e. The molecule has 3 aliphatic rings. The number of nitrogens with zero attached hydrogens (tertiary/aromatic N) is 4. The van der Waals surface area contributed by atoms with E-state index in [0.29, 0.717) is 41.9 Å². The SMILES string of the molecule is O=C(NC1CC1)C1CCC(Nc2ncc3nc(Nc4ccc(F)cc4F)n(C4CCC(O)CC4)c3n2)CC1. The van der Waals surface area contributed by atoms with Crippen LogP contribution in [0.4, 0.5) is 26.4 Å². The van der Waals surface area contributed by atoms with Gasteiger partial charge in [-0.2, -0.15) is 4.98 Å². The monoisotopic (exact) mass is 525 g/mol. The van der Waals surface area contributed by atoms with E-state index in [1.165, 1.54) is 12.1 Å². The van der Waals surface area contributed by atoms with Gasteiger partial charge >= 0.3 is 0 Å². The van der Waals surface area contributed by atoms with Gasteiger partial charge in [0, 0.05) is 30.1 Å². The highest BCUT2D eigenvalue weighted by molar-refractivity contribution is 5.79. The summed E-state index contributed by atoms with van der Waals surface area (Å²) in [6, 6.07) is 3.94. The molecule has 6 rings (SSSR count). The van der Waals surface area contributed by atoms with Gasteiger partial charge < -0.3 is 21.1 Å². The molecule has 11 heteroatoms. The fourth-order valence-corrected chi connectivity index (χ4v) is 5.65. The minimum absolute atomic E-state index is 0.0116. The number of amides is 1. The number of carbonyl (C=O) groups is 1. The molecule has 0 atom stereocenters. The van der Waals surface area contributed by atoms with E-state index in [-0.39, 0.29) is 35.7 Å². The molecule has 3 aliphatic carbocycles. The predicted octanol–water partition coefficient (Wildman–Crippen LogP) is 4.57. The largest absolute Gasteiger partial charge is 0.393 e. The molecule has 0 saturated heterocycles. The number of carbonyl (C=O) groups excluding carboxylic acids is 1. The second-order valence-electron chi connectivity index (χ2n) is 10.9. The van der Waals surface area contributed by atoms with Crippen molar-refractivity contribution in [1.29, 1.82) is 0 Å². The first kappa shape index (κ1) is 25.0. The van der Waals surface area contributed by atoms with Gasteiger partial charge in [-0.05, 0) is 76.3 Å². The van der Waals surface area contributed by atoms with Crippen LogP contribution in [0.3, 0.4) is 0 Å². The van der Waals surface area contributed by atoms with E-state index >= 15 is 0 Å². The molecule has 38 heavy (non-hydrogen) atoms. The van der Waals surface area contributed by atoms with E-state index in [4.69, 9.17) is 4.98 Å². The summed E-state index contributed by atoms with van der Waals surface area (Å²) >= 11 is 0. The fourth-order valence-electron chi connectivity index (χ4n) is 5.65. The lowest BCUT2D eigenvalue weighted by atomic mass is 9.85. The second-order valence-corrected chi connectivity index (χ2v) is 10.9. The molecule has 0 spiro atoms. The summed E-state index contributed by atoms with van der Waals surface area (Å²) < 4.78 is 29.9. The van der Waals surface area contributed by atoms with Crippen LogP contribution in [0.2, 0.25) is 0 Å². The van der Waals surface area contributed by atoms with Crippen LogP contribution in [0, 0.1) is 17.6 Å². The Hall–Kier alpha value is -3.34. The van der Waals surface area contributed by atoms with Crippen LogP contribution in [-0.2, 0) is 4.79 Å². The van der Waals surface area contributed by atoms with Crippen LogP contribution in [-0.4, -0.2) is 48.7 Å². The molecule has 2 heterocycles. The van der Waals surface area contributed by atoms with E-state index in [2.05, 4.69) is 25.9 Å². The molecule has 4 N–H and O–H groups in total. The number of aliphatic hydroxyl groups excluding tert-OH is 1. The number of benzene rings is 1. The maximum Gasteiger partial charge on any atom is 0.224 e. The number of rotatable bonds is 7. The summed E-state index contributed by atoms with van der Waals surface area (Å²) in [7, 11) is 0. The van der Waals surface area contributed by atoms with Crippen LogP contribution in [0.1, 0.15) is 70.3 Å². The van der Waals surface area contributed by atoms with E-state index in [1.54, 1.807) is 6.20 Å². The van der Waals surface area contributed by atoms with Gasteiger partial charge in [-0.1, -0.05) is 0 Å². The first-order valence-corrected chi connectivity index (χ1v) is 13.6. The molecule has 3 saturated carbocycles. The molecule has 202 valence electrons. The zero-order valence-corrected chi connectivity index (χ0v) is 21.2. The molecular formula is C27H33F2N7O2. The Morgan fingerprint density at radius 2 is 1.68 bits per heavy atom. The molecule has 1 aromatic carbocycles. The number of hydrogen-bond donors (Lipinski definition) is 4. The molecule has 3 fully saturated rings. The zero-order valence-electron chi connectivity index (χ0n) is 21.2. The van der Waals surface area contributed by atoms with E-state index in [9.17, 15) is 18.7 Å². The highest BCUT2D eigenvalue weighted by Gasteiger charge is 2.31. The Balaban J connectivity index is 1.22. The third kappa shape index (κ3) is 5.43. The van der Waals surface area contributed by atoms with E-state index < -0.39 is 11.6 Å². The standard InChI is InChI=1S/C27H33F2N7O2/c28-16-3-12-22(21(29)13-16)33-27-34-23-14-30-26(35-24(23)36(27)19-8-10-20(37)11-9-19)32-18-4-1-15(2-5-18)25(38)31-17-6-7-17/h3,12-15,17-20,37H,1-2,4-11H2,(H,31,38)(H,33,34)(H,30,32,35). The Morgan fingerprint density at radius 1 is 0.947 bits per heavy atom. The van der Waals surface area contributed by atoms with Crippen molar-refractivity contribution in [2.45, 2.75) is 88.4 Å². The number of nitrogens with one attached hydrogen (secondary N) is 3. The van der Waals surface area contributed by atoms with Crippen molar-refractivity contribution in [3.8, 4) is 0 Å². The summed E-state index contributed by atoms with van der Waals surface area (Å²) in [4.78, 5) is 26.3. The van der Waals surface area contributed by atoms with Crippen LogP contribution in [0.25, 0.3) is 11.2 Å². The van der Waals surface area contributed by atoms with Crippen LogP contribution >= 0.6 is 0 Å². The minimum atomic E-state index is -0.711. The summed E-state index contributed by atoms with van der Waals surface area (Å²) in [5.74, 6) is -0.219. The average molecular weight is 526 g/mol. The number of imidazole rings is 1. The Morgan fingerprint density at radius 3 is 2.39 bits per heavy atom. The second kappa shape index (κ2) is 10.4. The molecule has 2 aromatic heterocycles. The molecule has 0 aliphatic heterocycles. The molecule has 0 radical (unpaired) electrons. The van der Waals surface area contributed by atoms with E-state index in [0.717, 1.165) is 57.4 Å². The van der Waals surface area contributed by atoms with Gasteiger partial charge in [0.05, 0.1) is 18.0 Å². The third-order valence-electron chi connectivity index (χ3n) is 8.00. The Bertz CT molecular complexity index is 1310. The highest BCUT2D eigenvalue weighted by atomic mass is 19.1. The lowest BCUT2D eigenvalue weighted by molar-refractivity contribution is -0.126. The van der Waals surface area contributed by atoms with Gasteiger partial charge in [0.15, 0.2) is 5.65 Å². The maximum absolute atomic E-state index is 14.4. The Kier molecular flexibility index (Phi) is 6.86. The zero-order chi connectivity index (χ0) is 26.2. The lowest BCUT2D eigenvalue weighted by Crippen LogP contribution is -2.37. The van der Waals surface area contributed by atoms with Gasteiger partial charge in [0.1, 0.15) is 17.2 Å². The topological polar surface area (TPSA) is 117 Å². The summed E-state index contributed by atoms with van der Waals surface area (Å²) in [6.45, 7) is 0. The third-order valence-corrected chi connectivity index (χ3v) is 8.00. The van der Waals surface area contributed by atoms with Crippen molar-refractivity contribution < 1.29 is 18.7 Å². The number of halogens is 2. The Labute approximate surface area is 219 Å². The number of aliphatic hydroxyl groups is 1. The van der Waals surface area contributed by atoms with Crippen LogP contribution in [0.5, 0.6) is 0 Å². The maximum atomic E-state index is 14.4. The fraction of sp³-hybridized carbons (Fsp3) is 0.556. The van der Waals surface area contributed by atoms with Gasteiger partial charge in [-0.3, -0.25) is 9.36 Å². The predicted molar refractivity (Wildman–Crippen MR) is 139 cm³/mol. The van der Waals surface area contributed by atoms with Crippen molar-refractivity contribution in [2.24, 2.45) is 5.92 Å². The normalized spacial score (nSPS) is 25.8. The molecule has 0 unspecified atom stereocenters. The first-order chi connectivity index (χ1) is 18.4. The highest BCUT2D eigenvalue weighted by Crippen LogP contribution is 2.35. The molecule has 1 amide bonds. The lowest BCUT2D eigenvalue weighted by Gasteiger charge is -2.29. The van der Waals surface area contributed by atoms with Gasteiger partial charge in [-0.25, -0.2) is 18.7 Å². The average Bonchev–Trinajstić information content (AvgIpc) is 3.65. The van der Waals surface area contributed by atoms with Crippen LogP contribution in [0.15, 0.2) is 24.4 Å². The first-order valence-electron chi connectivity index (χ1n) is 13.6. The number of fused-ring (bicyclic) bond motifs is 1. The summed E-state index contributed by atoms with van der Waals surface area (Å²) in [6.07, 6.45) is 9.66. The van der Waals surface area contributed by atoms with Crippen molar-refractivity contribution in [1.82, 2.24) is 24.8 Å². The number of hydrogen-bond acceptors (Lipinski definition) is 7. The van der Waals surface area contributed by atoms with Crippen LogP contribution < -0.4 is 16.0 Å². The molecule has 9 nitrogen and oxygen atoms in total. The van der Waals surface area contributed by atoms with Crippen molar-refractivity contribution in [2.75, 3.05) is 10.6 Å².